The third-order valence-corrected chi connectivity index (χ3v) is 4.24. The number of carbonyl (C=O) groups is 1. The van der Waals surface area contributed by atoms with Crippen molar-refractivity contribution in [1.82, 2.24) is 15.1 Å². The van der Waals surface area contributed by atoms with Crippen LogP contribution in [0.3, 0.4) is 0 Å². The van der Waals surface area contributed by atoms with Crippen molar-refractivity contribution in [3.63, 3.8) is 0 Å². The molecule has 1 fully saturated rings. The summed E-state index contributed by atoms with van der Waals surface area (Å²) in [4.78, 5) is 14.8. The Hall–Kier alpha value is -2.41. The number of ether oxygens (including phenoxy) is 2. The fraction of sp³-hybridized carbons (Fsp3) is 0.438. The van der Waals surface area contributed by atoms with Gasteiger partial charge in [-0.15, -0.1) is 10.2 Å². The normalized spacial score (nSPS) is 23.4. The van der Waals surface area contributed by atoms with Gasteiger partial charge in [0.2, 0.25) is 17.7 Å². The maximum atomic E-state index is 13.1. The molecule has 3 heterocycles. The molecular weight excluding hydrogens is 298 g/mol. The molecule has 2 aromatic rings. The van der Waals surface area contributed by atoms with Crippen LogP contribution in [0.2, 0.25) is 0 Å². The van der Waals surface area contributed by atoms with E-state index in [1.165, 1.54) is 0 Å². The maximum Gasteiger partial charge on any atom is 0.241 e. The molecule has 1 amide bonds. The third kappa shape index (κ3) is 2.46. The van der Waals surface area contributed by atoms with Crippen LogP contribution >= 0.6 is 0 Å². The number of hydrogen-bond donors (Lipinski definition) is 0. The molecule has 0 spiro atoms. The molecule has 0 bridgehead atoms. The lowest BCUT2D eigenvalue weighted by Crippen LogP contribution is -2.45. The van der Waals surface area contributed by atoms with E-state index < -0.39 is 0 Å². The second-order valence-corrected chi connectivity index (χ2v) is 5.68. The summed E-state index contributed by atoms with van der Waals surface area (Å²) in [5, 5.41) is 7.91. The van der Waals surface area contributed by atoms with E-state index in [1.54, 1.807) is 11.8 Å². The van der Waals surface area contributed by atoms with Crippen molar-refractivity contribution in [3.8, 4) is 5.75 Å². The summed E-state index contributed by atoms with van der Waals surface area (Å²) in [6, 6.07) is 7.32. The Labute approximate surface area is 133 Å². The van der Waals surface area contributed by atoms with E-state index >= 15 is 0 Å². The summed E-state index contributed by atoms with van der Waals surface area (Å²) in [7, 11) is 0. The molecule has 2 aliphatic heterocycles. The number of aromatic nitrogens is 2. The zero-order valence-electron chi connectivity index (χ0n) is 12.8. The van der Waals surface area contributed by atoms with Crippen molar-refractivity contribution >= 4 is 5.91 Å². The SMILES string of the molecule is Cc1nnc([C@H]2COCCN2C(=O)[C@H]2COc3ccccc32)o1. The molecule has 0 unspecified atom stereocenters. The Morgan fingerprint density at radius 2 is 2.13 bits per heavy atom. The molecule has 0 saturated carbocycles. The summed E-state index contributed by atoms with van der Waals surface area (Å²) in [6.07, 6.45) is 0. The average molecular weight is 315 g/mol. The smallest absolute Gasteiger partial charge is 0.241 e. The van der Waals surface area contributed by atoms with E-state index in [-0.39, 0.29) is 17.9 Å². The number of nitrogens with zero attached hydrogens (tertiary/aromatic N) is 3. The van der Waals surface area contributed by atoms with E-state index in [1.807, 2.05) is 24.3 Å². The zero-order chi connectivity index (χ0) is 15.8. The number of amides is 1. The molecule has 1 saturated heterocycles. The molecule has 2 aliphatic rings. The van der Waals surface area contributed by atoms with Crippen molar-refractivity contribution in [2.75, 3.05) is 26.4 Å². The standard InChI is InChI=1S/C16H17N3O4/c1-10-17-18-15(23-10)13-9-21-7-6-19(13)16(20)12-8-22-14-5-3-2-4-11(12)14/h2-5,12-13H,6-9H2,1H3/t12-,13+/m0/s1. The highest BCUT2D eigenvalue weighted by Crippen LogP contribution is 2.36. The first kappa shape index (κ1) is 14.2. The Kier molecular flexibility index (Phi) is 3.49. The molecule has 0 aliphatic carbocycles. The average Bonchev–Trinajstić information content (AvgIpc) is 3.20. The van der Waals surface area contributed by atoms with Gasteiger partial charge in [-0.05, 0) is 6.07 Å². The van der Waals surface area contributed by atoms with Crippen molar-refractivity contribution < 1.29 is 18.7 Å². The van der Waals surface area contributed by atoms with Crippen molar-refractivity contribution in [2.45, 2.75) is 18.9 Å². The van der Waals surface area contributed by atoms with Gasteiger partial charge in [-0.25, -0.2) is 0 Å². The van der Waals surface area contributed by atoms with Crippen LogP contribution in [0.5, 0.6) is 5.75 Å². The molecule has 7 nitrogen and oxygen atoms in total. The predicted octanol–water partition coefficient (Wildman–Crippen LogP) is 1.45. The molecule has 0 N–H and O–H groups in total. The highest BCUT2D eigenvalue weighted by atomic mass is 16.5. The Balaban J connectivity index is 1.61. The van der Waals surface area contributed by atoms with E-state index in [0.29, 0.717) is 38.1 Å². The van der Waals surface area contributed by atoms with Crippen LogP contribution in [-0.4, -0.2) is 47.4 Å². The van der Waals surface area contributed by atoms with Crippen LogP contribution in [0.1, 0.15) is 29.3 Å². The number of aryl methyl sites for hydroxylation is 1. The minimum absolute atomic E-state index is 0.0131. The fourth-order valence-electron chi connectivity index (χ4n) is 3.09. The lowest BCUT2D eigenvalue weighted by atomic mass is 9.98. The van der Waals surface area contributed by atoms with Gasteiger partial charge in [0.15, 0.2) is 0 Å². The van der Waals surface area contributed by atoms with E-state index in [9.17, 15) is 4.79 Å². The van der Waals surface area contributed by atoms with Crippen molar-refractivity contribution in [2.24, 2.45) is 0 Å². The number of benzene rings is 1. The summed E-state index contributed by atoms with van der Waals surface area (Å²) in [5.41, 5.74) is 0.935. The molecule has 23 heavy (non-hydrogen) atoms. The van der Waals surface area contributed by atoms with Crippen LogP contribution < -0.4 is 4.74 Å². The minimum Gasteiger partial charge on any atom is -0.492 e. The van der Waals surface area contributed by atoms with Crippen LogP contribution in [0.4, 0.5) is 0 Å². The van der Waals surface area contributed by atoms with Gasteiger partial charge in [0, 0.05) is 19.0 Å². The number of fused-ring (bicyclic) bond motifs is 1. The largest absolute Gasteiger partial charge is 0.492 e. The summed E-state index contributed by atoms with van der Waals surface area (Å²) in [6.45, 7) is 3.47. The number of para-hydroxylation sites is 1. The van der Waals surface area contributed by atoms with Crippen molar-refractivity contribution in [1.29, 1.82) is 0 Å². The van der Waals surface area contributed by atoms with Crippen LogP contribution in [-0.2, 0) is 9.53 Å². The molecule has 4 rings (SSSR count). The summed E-state index contributed by atoms with van der Waals surface area (Å²) in [5.74, 6) is 1.40. The summed E-state index contributed by atoms with van der Waals surface area (Å²) >= 11 is 0. The van der Waals surface area contributed by atoms with Gasteiger partial charge < -0.3 is 18.8 Å². The second kappa shape index (κ2) is 5.66. The highest BCUT2D eigenvalue weighted by molar-refractivity contribution is 5.86. The molecule has 7 heteroatoms. The molecule has 2 atom stereocenters. The van der Waals surface area contributed by atoms with E-state index in [0.717, 1.165) is 11.3 Å². The Morgan fingerprint density at radius 3 is 2.96 bits per heavy atom. The number of hydrogen-bond acceptors (Lipinski definition) is 6. The lowest BCUT2D eigenvalue weighted by molar-refractivity contribution is -0.143. The first-order valence-corrected chi connectivity index (χ1v) is 7.64. The van der Waals surface area contributed by atoms with Gasteiger partial charge in [-0.3, -0.25) is 4.79 Å². The Morgan fingerprint density at radius 1 is 1.26 bits per heavy atom. The third-order valence-electron chi connectivity index (χ3n) is 4.24. The maximum absolute atomic E-state index is 13.1. The number of morpholine rings is 1. The molecule has 1 aromatic heterocycles. The molecule has 0 radical (unpaired) electrons. The number of carbonyl (C=O) groups excluding carboxylic acids is 1. The molecule has 120 valence electrons. The van der Waals surface area contributed by atoms with Gasteiger partial charge in [0.05, 0.1) is 13.2 Å². The van der Waals surface area contributed by atoms with Gasteiger partial charge in [0.25, 0.3) is 0 Å². The molecular formula is C16H17N3O4. The first-order chi connectivity index (χ1) is 11.2. The monoisotopic (exact) mass is 315 g/mol. The lowest BCUT2D eigenvalue weighted by Gasteiger charge is -2.34. The van der Waals surface area contributed by atoms with Gasteiger partial charge in [-0.1, -0.05) is 18.2 Å². The van der Waals surface area contributed by atoms with E-state index in [2.05, 4.69) is 10.2 Å². The van der Waals surface area contributed by atoms with Crippen molar-refractivity contribution in [3.05, 3.63) is 41.6 Å². The highest BCUT2D eigenvalue weighted by Gasteiger charge is 2.39. The van der Waals surface area contributed by atoms with Crippen LogP contribution in [0.15, 0.2) is 28.7 Å². The fourth-order valence-corrected chi connectivity index (χ4v) is 3.09. The quantitative estimate of drug-likeness (QED) is 0.835. The molecule has 1 aromatic carbocycles. The second-order valence-electron chi connectivity index (χ2n) is 5.68. The topological polar surface area (TPSA) is 77.7 Å². The minimum atomic E-state index is -0.342. The van der Waals surface area contributed by atoms with Gasteiger partial charge in [-0.2, -0.15) is 0 Å². The zero-order valence-corrected chi connectivity index (χ0v) is 12.8. The van der Waals surface area contributed by atoms with Gasteiger partial charge in [0.1, 0.15) is 24.3 Å². The summed E-state index contributed by atoms with van der Waals surface area (Å²) < 4.78 is 16.7. The number of rotatable bonds is 2. The van der Waals surface area contributed by atoms with E-state index in [4.69, 9.17) is 13.9 Å². The van der Waals surface area contributed by atoms with Gasteiger partial charge >= 0.3 is 0 Å². The van der Waals surface area contributed by atoms with Crippen LogP contribution in [0.25, 0.3) is 0 Å². The first-order valence-electron chi connectivity index (χ1n) is 7.64. The Bertz CT molecular complexity index is 730. The predicted molar refractivity (Wildman–Crippen MR) is 79.0 cm³/mol. The van der Waals surface area contributed by atoms with Crippen LogP contribution in [0, 0.1) is 6.92 Å².